The van der Waals surface area contributed by atoms with E-state index >= 15 is 0 Å². The van der Waals surface area contributed by atoms with Gasteiger partial charge in [-0.3, -0.25) is 14.4 Å². The molecule has 0 saturated carbocycles. The zero-order chi connectivity index (χ0) is 21.1. The van der Waals surface area contributed by atoms with Crippen LogP contribution in [0.1, 0.15) is 12.5 Å². The summed E-state index contributed by atoms with van der Waals surface area (Å²) >= 11 is 0. The van der Waals surface area contributed by atoms with Gasteiger partial charge in [0.05, 0.1) is 13.2 Å². The van der Waals surface area contributed by atoms with Gasteiger partial charge in [-0.25, -0.2) is 14.4 Å². The van der Waals surface area contributed by atoms with E-state index in [1.54, 1.807) is 31.2 Å². The van der Waals surface area contributed by atoms with Crippen LogP contribution in [0.4, 0.5) is 10.5 Å². The molecule has 2 aromatic heterocycles. The zero-order valence-corrected chi connectivity index (χ0v) is 16.0. The topological polar surface area (TPSA) is 117 Å². The quantitative estimate of drug-likeness (QED) is 0.505. The second-order valence-electron chi connectivity index (χ2n) is 6.37. The third-order valence-corrected chi connectivity index (χ3v) is 4.40. The number of carbonyl (C=O) groups excluding carboxylic acids is 1. The highest BCUT2D eigenvalue weighted by Gasteiger charge is 2.16. The summed E-state index contributed by atoms with van der Waals surface area (Å²) in [7, 11) is 0. The lowest BCUT2D eigenvalue weighted by atomic mass is 10.1. The van der Waals surface area contributed by atoms with Gasteiger partial charge in [0.25, 0.3) is 0 Å². The highest BCUT2D eigenvalue weighted by molar-refractivity contribution is 5.90. The molecule has 0 bridgehead atoms. The molecule has 30 heavy (non-hydrogen) atoms. The Hall–Kier alpha value is -4.14. The molecule has 9 nitrogen and oxygen atoms in total. The number of fused-ring (bicyclic) bond motifs is 1. The molecular weight excluding hydrogens is 390 g/mol. The van der Waals surface area contributed by atoms with E-state index in [1.165, 1.54) is 16.7 Å². The number of amides is 1. The Labute approximate surface area is 169 Å². The summed E-state index contributed by atoms with van der Waals surface area (Å²) in [5.41, 5.74) is 1.34. The minimum Gasteiger partial charge on any atom is -0.450 e. The minimum absolute atomic E-state index is 0.0549. The van der Waals surface area contributed by atoms with Gasteiger partial charge in [-0.2, -0.15) is 0 Å². The van der Waals surface area contributed by atoms with E-state index in [-0.39, 0.29) is 18.7 Å². The van der Waals surface area contributed by atoms with Crippen LogP contribution in [0.3, 0.4) is 0 Å². The number of hydrogen-bond acceptors (Lipinski definition) is 7. The predicted octanol–water partition coefficient (Wildman–Crippen LogP) is 3.23. The maximum atomic E-state index is 12.2. The maximum absolute atomic E-state index is 12.2. The summed E-state index contributed by atoms with van der Waals surface area (Å²) in [6, 6.07) is 15.3. The largest absolute Gasteiger partial charge is 0.450 e. The van der Waals surface area contributed by atoms with Crippen molar-refractivity contribution in [2.75, 3.05) is 11.9 Å². The lowest BCUT2D eigenvalue weighted by molar-refractivity contribution is 0.168. The standard InChI is InChI=1S/C21H17N3O6/c1-2-28-20(26)22-15-8-9-16-14(10-18(25)29-17(16)11-15)12-24-19(23-30-21(24)27)13-6-4-3-5-7-13/h3-11H,2,12H2,1H3,(H,22,26). The molecule has 2 heterocycles. The van der Waals surface area contributed by atoms with Crippen molar-refractivity contribution in [3.05, 3.63) is 81.1 Å². The highest BCUT2D eigenvalue weighted by atomic mass is 16.5. The van der Waals surface area contributed by atoms with Crippen LogP contribution >= 0.6 is 0 Å². The molecule has 0 aliphatic rings. The first-order valence-corrected chi connectivity index (χ1v) is 9.17. The third-order valence-electron chi connectivity index (χ3n) is 4.40. The third kappa shape index (κ3) is 3.86. The number of nitrogens with one attached hydrogen (secondary N) is 1. The summed E-state index contributed by atoms with van der Waals surface area (Å²) < 4.78 is 16.3. The van der Waals surface area contributed by atoms with Crippen molar-refractivity contribution in [3.8, 4) is 11.4 Å². The maximum Gasteiger partial charge on any atom is 0.442 e. The van der Waals surface area contributed by atoms with Crippen LogP contribution in [0, 0.1) is 0 Å². The second kappa shape index (κ2) is 8.08. The van der Waals surface area contributed by atoms with Crippen LogP contribution in [0.5, 0.6) is 0 Å². The lowest BCUT2D eigenvalue weighted by Gasteiger charge is -2.09. The number of aromatic nitrogens is 2. The Bertz CT molecular complexity index is 1320. The summed E-state index contributed by atoms with van der Waals surface area (Å²) in [6.07, 6.45) is -0.612. The average molecular weight is 407 g/mol. The normalized spacial score (nSPS) is 10.8. The molecule has 0 aliphatic heterocycles. The van der Waals surface area contributed by atoms with Crippen molar-refractivity contribution >= 4 is 22.7 Å². The molecule has 9 heteroatoms. The fraction of sp³-hybridized carbons (Fsp3) is 0.143. The zero-order valence-electron chi connectivity index (χ0n) is 16.0. The van der Waals surface area contributed by atoms with Crippen LogP contribution in [0.25, 0.3) is 22.4 Å². The number of hydrogen-bond donors (Lipinski definition) is 1. The molecular formula is C21H17N3O6. The fourth-order valence-electron chi connectivity index (χ4n) is 3.10. The first-order chi connectivity index (χ1) is 14.5. The fourth-order valence-corrected chi connectivity index (χ4v) is 3.10. The summed E-state index contributed by atoms with van der Waals surface area (Å²) in [6.45, 7) is 1.98. The molecule has 1 N–H and O–H groups in total. The van der Waals surface area contributed by atoms with Gasteiger partial charge in [0.1, 0.15) is 5.58 Å². The molecule has 4 rings (SSSR count). The van der Waals surface area contributed by atoms with Gasteiger partial charge >= 0.3 is 17.5 Å². The highest BCUT2D eigenvalue weighted by Crippen LogP contribution is 2.23. The number of nitrogens with zero attached hydrogens (tertiary/aromatic N) is 2. The van der Waals surface area contributed by atoms with Gasteiger partial charge in [0.2, 0.25) is 0 Å². The summed E-state index contributed by atoms with van der Waals surface area (Å²) in [5, 5.41) is 7.02. The Morgan fingerprint density at radius 1 is 1.13 bits per heavy atom. The molecule has 0 atom stereocenters. The molecule has 152 valence electrons. The Kier molecular flexibility index (Phi) is 5.17. The number of benzene rings is 2. The number of rotatable bonds is 5. The van der Waals surface area contributed by atoms with Crippen molar-refractivity contribution in [3.63, 3.8) is 0 Å². The van der Waals surface area contributed by atoms with Crippen molar-refractivity contribution in [1.29, 1.82) is 0 Å². The van der Waals surface area contributed by atoms with Crippen LogP contribution in [0.2, 0.25) is 0 Å². The van der Waals surface area contributed by atoms with Crippen molar-refractivity contribution < 1.29 is 18.5 Å². The van der Waals surface area contributed by atoms with Gasteiger partial charge in [-0.15, -0.1) is 0 Å². The van der Waals surface area contributed by atoms with Gasteiger partial charge < -0.3 is 9.15 Å². The van der Waals surface area contributed by atoms with Crippen molar-refractivity contribution in [2.45, 2.75) is 13.5 Å². The Morgan fingerprint density at radius 3 is 2.70 bits per heavy atom. The number of ether oxygens (including phenoxy) is 1. The van der Waals surface area contributed by atoms with E-state index in [9.17, 15) is 14.4 Å². The molecule has 4 aromatic rings. The smallest absolute Gasteiger partial charge is 0.442 e. The molecule has 1 amide bonds. The average Bonchev–Trinajstić information content (AvgIpc) is 3.09. The number of carbonyl (C=O) groups is 1. The van der Waals surface area contributed by atoms with E-state index in [0.717, 1.165) is 0 Å². The molecule has 2 aromatic carbocycles. The van der Waals surface area contributed by atoms with Crippen molar-refractivity contribution in [2.24, 2.45) is 0 Å². The van der Waals surface area contributed by atoms with Crippen LogP contribution in [0.15, 0.2) is 73.1 Å². The van der Waals surface area contributed by atoms with E-state index in [0.29, 0.717) is 28.0 Å². The summed E-state index contributed by atoms with van der Waals surface area (Å²) in [5.74, 6) is -0.293. The van der Waals surface area contributed by atoms with Gasteiger partial charge in [-0.1, -0.05) is 35.5 Å². The minimum atomic E-state index is -0.643. The van der Waals surface area contributed by atoms with E-state index in [2.05, 4.69) is 10.5 Å². The van der Waals surface area contributed by atoms with Gasteiger partial charge in [0, 0.05) is 28.8 Å². The van der Waals surface area contributed by atoms with Crippen molar-refractivity contribution in [1.82, 2.24) is 9.72 Å². The predicted molar refractivity (Wildman–Crippen MR) is 108 cm³/mol. The van der Waals surface area contributed by atoms with Gasteiger partial charge in [-0.05, 0) is 24.6 Å². The SMILES string of the molecule is CCOC(=O)Nc1ccc2c(Cn3c(-c4ccccc4)noc3=O)cc(=O)oc2c1. The van der Waals surface area contributed by atoms with E-state index in [1.807, 2.05) is 18.2 Å². The Balaban J connectivity index is 1.74. The number of anilines is 1. The molecule has 0 aliphatic carbocycles. The second-order valence-corrected chi connectivity index (χ2v) is 6.37. The van der Waals surface area contributed by atoms with Crippen LogP contribution in [-0.4, -0.2) is 22.4 Å². The molecule has 0 unspecified atom stereocenters. The first-order valence-electron chi connectivity index (χ1n) is 9.17. The van der Waals surface area contributed by atoms with E-state index < -0.39 is 17.5 Å². The van der Waals surface area contributed by atoms with Gasteiger partial charge in [0.15, 0.2) is 5.82 Å². The summed E-state index contributed by atoms with van der Waals surface area (Å²) in [4.78, 5) is 36.0. The monoisotopic (exact) mass is 407 g/mol. The van der Waals surface area contributed by atoms with Crippen LogP contribution in [-0.2, 0) is 11.3 Å². The molecule has 0 spiro atoms. The van der Waals surface area contributed by atoms with E-state index in [4.69, 9.17) is 13.7 Å². The molecule has 0 fully saturated rings. The first kappa shape index (κ1) is 19.2. The van der Waals surface area contributed by atoms with Crippen LogP contribution < -0.4 is 16.7 Å². The lowest BCUT2D eigenvalue weighted by Crippen LogP contribution is -2.17. The molecule has 0 radical (unpaired) electrons. The Morgan fingerprint density at radius 2 is 1.93 bits per heavy atom. The molecule has 0 saturated heterocycles.